The highest BCUT2D eigenvalue weighted by molar-refractivity contribution is 5.80. The summed E-state index contributed by atoms with van der Waals surface area (Å²) in [4.78, 5) is 6.84. The zero-order chi connectivity index (χ0) is 22.4. The van der Waals surface area contributed by atoms with E-state index in [1.54, 1.807) is 14.2 Å². The minimum Gasteiger partial charge on any atom is -0.497 e. The molecule has 2 N–H and O–H groups in total. The van der Waals surface area contributed by atoms with Crippen LogP contribution < -0.4 is 20.1 Å². The van der Waals surface area contributed by atoms with E-state index < -0.39 is 0 Å². The van der Waals surface area contributed by atoms with Crippen molar-refractivity contribution in [1.82, 2.24) is 20.7 Å². The van der Waals surface area contributed by atoms with Crippen LogP contribution in [0.4, 0.5) is 0 Å². The molecule has 3 rings (SSSR count). The third-order valence-corrected chi connectivity index (χ3v) is 5.81. The lowest BCUT2D eigenvalue weighted by Gasteiger charge is -2.20. The van der Waals surface area contributed by atoms with Crippen molar-refractivity contribution in [1.29, 1.82) is 0 Å². The van der Waals surface area contributed by atoms with Gasteiger partial charge < -0.3 is 24.6 Å². The molecule has 0 spiro atoms. The number of benzene rings is 1. The van der Waals surface area contributed by atoms with Gasteiger partial charge in [-0.25, -0.2) is 0 Å². The molecule has 1 saturated heterocycles. The van der Waals surface area contributed by atoms with E-state index in [0.29, 0.717) is 6.04 Å². The van der Waals surface area contributed by atoms with Gasteiger partial charge in [0.15, 0.2) is 5.96 Å². The number of nitrogens with zero attached hydrogens (tertiary/aromatic N) is 3. The summed E-state index contributed by atoms with van der Waals surface area (Å²) in [5.41, 5.74) is 3.31. The number of hydrogen-bond acceptors (Lipinski definition) is 6. The molecule has 2 atom stereocenters. The number of likely N-dealkylation sites (tertiary alicyclic amines) is 1. The smallest absolute Gasteiger partial charge is 0.191 e. The summed E-state index contributed by atoms with van der Waals surface area (Å²) in [7, 11) is 5.17. The van der Waals surface area contributed by atoms with E-state index in [4.69, 9.17) is 14.0 Å². The van der Waals surface area contributed by atoms with Gasteiger partial charge in [0.05, 0.1) is 19.9 Å². The number of methoxy groups -OCH3 is 2. The predicted molar refractivity (Wildman–Crippen MR) is 122 cm³/mol. The zero-order valence-corrected chi connectivity index (χ0v) is 19.5. The number of guanidine groups is 1. The Bertz CT molecular complexity index is 854. The van der Waals surface area contributed by atoms with Crippen molar-refractivity contribution in [2.75, 3.05) is 40.9 Å². The second kappa shape index (κ2) is 10.5. The van der Waals surface area contributed by atoms with Gasteiger partial charge in [0.2, 0.25) is 0 Å². The largest absolute Gasteiger partial charge is 0.497 e. The third-order valence-electron chi connectivity index (χ3n) is 5.81. The standard InChI is InChI=1S/C23H35N5O3/c1-15(22-16(2)27-31-17(22)3)12-25-23(24-4)26-19-7-8-28(14-19)13-18-9-20(29-5)11-21(10-18)30-6/h9-11,15,19H,7-8,12-14H2,1-6H3,(H2,24,25,26). The second-order valence-corrected chi connectivity index (χ2v) is 8.18. The Balaban J connectivity index is 1.50. The maximum atomic E-state index is 5.39. The first kappa shape index (κ1) is 22.9. The highest BCUT2D eigenvalue weighted by atomic mass is 16.5. The van der Waals surface area contributed by atoms with Crippen LogP contribution in [0.15, 0.2) is 27.7 Å². The number of hydrogen-bond donors (Lipinski definition) is 2. The molecule has 1 aromatic carbocycles. The van der Waals surface area contributed by atoms with Crippen LogP contribution in [0, 0.1) is 13.8 Å². The summed E-state index contributed by atoms with van der Waals surface area (Å²) in [5.74, 6) is 3.64. The summed E-state index contributed by atoms with van der Waals surface area (Å²) in [6.07, 6.45) is 1.07. The minimum absolute atomic E-state index is 0.285. The molecular weight excluding hydrogens is 394 g/mol. The molecular formula is C23H35N5O3. The van der Waals surface area contributed by atoms with E-state index >= 15 is 0 Å². The third kappa shape index (κ3) is 5.91. The van der Waals surface area contributed by atoms with Crippen molar-refractivity contribution >= 4 is 5.96 Å². The quantitative estimate of drug-likeness (QED) is 0.493. The first-order valence-electron chi connectivity index (χ1n) is 10.8. The number of nitrogens with one attached hydrogen (secondary N) is 2. The van der Waals surface area contributed by atoms with E-state index in [1.807, 2.05) is 27.0 Å². The van der Waals surface area contributed by atoms with Crippen LogP contribution in [-0.4, -0.2) is 63.0 Å². The molecule has 2 aromatic rings. The Morgan fingerprint density at radius 2 is 1.97 bits per heavy atom. The van der Waals surface area contributed by atoms with Crippen LogP contribution in [0.3, 0.4) is 0 Å². The van der Waals surface area contributed by atoms with Gasteiger partial charge >= 0.3 is 0 Å². The van der Waals surface area contributed by atoms with Crippen LogP contribution in [0.2, 0.25) is 0 Å². The number of aryl methyl sites for hydroxylation is 2. The average molecular weight is 430 g/mol. The Hall–Kier alpha value is -2.74. The lowest BCUT2D eigenvalue weighted by atomic mass is 10.00. The molecule has 1 aliphatic rings. The fourth-order valence-corrected chi connectivity index (χ4v) is 4.24. The van der Waals surface area contributed by atoms with Crippen molar-refractivity contribution in [2.24, 2.45) is 4.99 Å². The van der Waals surface area contributed by atoms with E-state index in [0.717, 1.165) is 61.5 Å². The predicted octanol–water partition coefficient (Wildman–Crippen LogP) is 2.85. The van der Waals surface area contributed by atoms with Gasteiger partial charge in [-0.1, -0.05) is 12.1 Å². The van der Waals surface area contributed by atoms with Crippen LogP contribution >= 0.6 is 0 Å². The zero-order valence-electron chi connectivity index (χ0n) is 19.5. The Labute approximate surface area is 185 Å². The van der Waals surface area contributed by atoms with Crippen molar-refractivity contribution in [3.63, 3.8) is 0 Å². The summed E-state index contributed by atoms with van der Waals surface area (Å²) < 4.78 is 16.1. The van der Waals surface area contributed by atoms with Crippen LogP contribution in [0.1, 0.15) is 41.8 Å². The van der Waals surface area contributed by atoms with Gasteiger partial charge in [-0.3, -0.25) is 9.89 Å². The topological polar surface area (TPSA) is 84.2 Å². The highest BCUT2D eigenvalue weighted by Gasteiger charge is 2.24. The van der Waals surface area contributed by atoms with E-state index in [2.05, 4.69) is 44.7 Å². The molecule has 0 radical (unpaired) electrons. The average Bonchev–Trinajstić information content (AvgIpc) is 3.35. The summed E-state index contributed by atoms with van der Waals surface area (Å²) in [6, 6.07) is 6.39. The minimum atomic E-state index is 0.285. The Morgan fingerprint density at radius 3 is 2.55 bits per heavy atom. The lowest BCUT2D eigenvalue weighted by molar-refractivity contribution is 0.321. The van der Waals surface area contributed by atoms with Gasteiger partial charge in [-0.2, -0.15) is 0 Å². The fourth-order valence-electron chi connectivity index (χ4n) is 4.24. The number of rotatable bonds is 8. The SMILES string of the molecule is CN=C(NCC(C)c1c(C)noc1C)NC1CCN(Cc2cc(OC)cc(OC)c2)C1. The molecule has 2 heterocycles. The van der Waals surface area contributed by atoms with Gasteiger partial charge in [-0.15, -0.1) is 0 Å². The molecule has 2 unspecified atom stereocenters. The molecule has 1 aromatic heterocycles. The maximum absolute atomic E-state index is 5.39. The lowest BCUT2D eigenvalue weighted by Crippen LogP contribution is -2.45. The number of aliphatic imine (C=N–C) groups is 1. The summed E-state index contributed by atoms with van der Waals surface area (Å²) in [6.45, 7) is 9.74. The van der Waals surface area contributed by atoms with Crippen LogP contribution in [0.25, 0.3) is 0 Å². The Morgan fingerprint density at radius 1 is 1.26 bits per heavy atom. The summed E-state index contributed by atoms with van der Waals surface area (Å²) >= 11 is 0. The molecule has 1 aliphatic heterocycles. The van der Waals surface area contributed by atoms with Crippen LogP contribution in [0.5, 0.6) is 11.5 Å². The normalized spacial score (nSPS) is 18.1. The first-order valence-corrected chi connectivity index (χ1v) is 10.8. The summed E-state index contributed by atoms with van der Waals surface area (Å²) in [5, 5.41) is 11.1. The van der Waals surface area contributed by atoms with Crippen molar-refractivity contribution in [3.8, 4) is 11.5 Å². The van der Waals surface area contributed by atoms with Gasteiger partial charge in [0.25, 0.3) is 0 Å². The molecule has 0 saturated carbocycles. The van der Waals surface area contributed by atoms with Crippen molar-refractivity contribution in [3.05, 3.63) is 40.8 Å². The molecule has 8 nitrogen and oxygen atoms in total. The molecule has 31 heavy (non-hydrogen) atoms. The molecule has 0 amide bonds. The van der Waals surface area contributed by atoms with Crippen molar-refractivity contribution in [2.45, 2.75) is 45.7 Å². The second-order valence-electron chi connectivity index (χ2n) is 8.18. The maximum Gasteiger partial charge on any atom is 0.191 e. The Kier molecular flexibility index (Phi) is 7.79. The molecule has 1 fully saturated rings. The number of ether oxygens (including phenoxy) is 2. The first-order chi connectivity index (χ1) is 14.9. The van der Waals surface area contributed by atoms with Gasteiger partial charge in [0.1, 0.15) is 17.3 Å². The highest BCUT2D eigenvalue weighted by Crippen LogP contribution is 2.25. The van der Waals surface area contributed by atoms with Crippen LogP contribution in [-0.2, 0) is 6.54 Å². The van der Waals surface area contributed by atoms with Gasteiger partial charge in [-0.05, 0) is 38.0 Å². The van der Waals surface area contributed by atoms with E-state index in [1.165, 1.54) is 11.1 Å². The molecule has 0 aliphatic carbocycles. The monoisotopic (exact) mass is 429 g/mol. The number of aromatic nitrogens is 1. The molecule has 0 bridgehead atoms. The van der Waals surface area contributed by atoms with Crippen molar-refractivity contribution < 1.29 is 14.0 Å². The van der Waals surface area contributed by atoms with Gasteiger partial charge in [0, 0.05) is 56.8 Å². The molecule has 170 valence electrons. The van der Waals surface area contributed by atoms with E-state index in [-0.39, 0.29) is 5.92 Å². The van der Waals surface area contributed by atoms with E-state index in [9.17, 15) is 0 Å². The fraction of sp³-hybridized carbons (Fsp3) is 0.565. The molecule has 8 heteroatoms.